The van der Waals surface area contributed by atoms with Crippen LogP contribution in [0.15, 0.2) is 0 Å². The van der Waals surface area contributed by atoms with Crippen LogP contribution in [0, 0.1) is 11.8 Å². The first-order valence-electron chi connectivity index (χ1n) is 4.91. The van der Waals surface area contributed by atoms with Gasteiger partial charge in [0.05, 0.1) is 0 Å². The van der Waals surface area contributed by atoms with Crippen molar-refractivity contribution < 1.29 is 4.79 Å². The Balaban J connectivity index is 2.49. The highest BCUT2D eigenvalue weighted by atomic mass is 16.2. The van der Waals surface area contributed by atoms with Gasteiger partial charge in [0.2, 0.25) is 5.91 Å². The number of hydrogen-bond acceptors (Lipinski definition) is 1. The fourth-order valence-corrected chi connectivity index (χ4v) is 2.09. The molecule has 2 atom stereocenters. The van der Waals surface area contributed by atoms with Gasteiger partial charge >= 0.3 is 0 Å². The Labute approximate surface area is 74.9 Å². The maximum absolute atomic E-state index is 11.4. The van der Waals surface area contributed by atoms with E-state index in [4.69, 9.17) is 0 Å². The Morgan fingerprint density at radius 3 is 2.25 bits per heavy atom. The SMILES string of the molecule is CCC(=O)N1CC(C)CC(C)C1. The minimum absolute atomic E-state index is 0.313. The molecule has 2 heteroatoms. The summed E-state index contributed by atoms with van der Waals surface area (Å²) in [4.78, 5) is 13.4. The molecule has 1 saturated heterocycles. The lowest BCUT2D eigenvalue weighted by Gasteiger charge is -2.34. The lowest BCUT2D eigenvalue weighted by Crippen LogP contribution is -2.42. The molecule has 0 aromatic rings. The van der Waals surface area contributed by atoms with Crippen molar-refractivity contribution in [2.75, 3.05) is 13.1 Å². The molecule has 0 bridgehead atoms. The molecule has 70 valence electrons. The molecule has 0 aliphatic carbocycles. The van der Waals surface area contributed by atoms with Crippen LogP contribution < -0.4 is 0 Å². The average Bonchev–Trinajstić information content (AvgIpc) is 2.01. The van der Waals surface area contributed by atoms with Crippen LogP contribution in [-0.4, -0.2) is 23.9 Å². The van der Waals surface area contributed by atoms with Crippen molar-refractivity contribution in [3.63, 3.8) is 0 Å². The second-order valence-corrected chi connectivity index (χ2v) is 4.10. The molecule has 0 saturated carbocycles. The van der Waals surface area contributed by atoms with Gasteiger partial charge in [-0.3, -0.25) is 4.79 Å². The van der Waals surface area contributed by atoms with Crippen molar-refractivity contribution in [3.8, 4) is 0 Å². The molecule has 1 amide bonds. The summed E-state index contributed by atoms with van der Waals surface area (Å²) >= 11 is 0. The number of piperidine rings is 1. The van der Waals surface area contributed by atoms with Crippen LogP contribution in [0.5, 0.6) is 0 Å². The van der Waals surface area contributed by atoms with Gasteiger partial charge in [-0.1, -0.05) is 20.8 Å². The zero-order chi connectivity index (χ0) is 9.14. The van der Waals surface area contributed by atoms with E-state index in [0.717, 1.165) is 13.1 Å². The van der Waals surface area contributed by atoms with Gasteiger partial charge in [0.15, 0.2) is 0 Å². The maximum Gasteiger partial charge on any atom is 0.222 e. The highest BCUT2D eigenvalue weighted by Crippen LogP contribution is 2.21. The third kappa shape index (κ3) is 2.23. The van der Waals surface area contributed by atoms with Gasteiger partial charge in [0.1, 0.15) is 0 Å². The Morgan fingerprint density at radius 2 is 1.83 bits per heavy atom. The van der Waals surface area contributed by atoms with Gasteiger partial charge in [-0.15, -0.1) is 0 Å². The summed E-state index contributed by atoms with van der Waals surface area (Å²) < 4.78 is 0. The van der Waals surface area contributed by atoms with E-state index in [2.05, 4.69) is 13.8 Å². The number of rotatable bonds is 1. The van der Waals surface area contributed by atoms with Crippen molar-refractivity contribution in [1.82, 2.24) is 4.90 Å². The quantitative estimate of drug-likeness (QED) is 0.587. The predicted octanol–water partition coefficient (Wildman–Crippen LogP) is 1.90. The molecule has 0 aromatic heterocycles. The van der Waals surface area contributed by atoms with Crippen LogP contribution in [0.1, 0.15) is 33.6 Å². The van der Waals surface area contributed by atoms with Crippen molar-refractivity contribution in [2.24, 2.45) is 11.8 Å². The first-order chi connectivity index (χ1) is 5.63. The van der Waals surface area contributed by atoms with Crippen molar-refractivity contribution >= 4 is 5.91 Å². The van der Waals surface area contributed by atoms with Crippen LogP contribution in [0.25, 0.3) is 0 Å². The highest BCUT2D eigenvalue weighted by Gasteiger charge is 2.23. The second-order valence-electron chi connectivity index (χ2n) is 4.10. The number of hydrogen-bond donors (Lipinski definition) is 0. The Hall–Kier alpha value is -0.530. The molecule has 1 aliphatic rings. The monoisotopic (exact) mass is 169 g/mol. The molecule has 1 aliphatic heterocycles. The third-order valence-electron chi connectivity index (χ3n) is 2.52. The smallest absolute Gasteiger partial charge is 0.222 e. The van der Waals surface area contributed by atoms with E-state index in [1.807, 2.05) is 11.8 Å². The Kier molecular flexibility index (Phi) is 3.12. The standard InChI is InChI=1S/C10H19NO/c1-4-10(12)11-6-8(2)5-9(3)7-11/h8-9H,4-7H2,1-3H3. The topological polar surface area (TPSA) is 20.3 Å². The van der Waals surface area contributed by atoms with Crippen LogP contribution in [0.2, 0.25) is 0 Å². The number of nitrogens with zero attached hydrogens (tertiary/aromatic N) is 1. The lowest BCUT2D eigenvalue weighted by molar-refractivity contribution is -0.133. The first-order valence-corrected chi connectivity index (χ1v) is 4.91. The molecule has 0 spiro atoms. The average molecular weight is 169 g/mol. The van der Waals surface area contributed by atoms with Gasteiger partial charge < -0.3 is 4.90 Å². The molecule has 1 fully saturated rings. The highest BCUT2D eigenvalue weighted by molar-refractivity contribution is 5.75. The van der Waals surface area contributed by atoms with E-state index in [0.29, 0.717) is 24.2 Å². The fourth-order valence-electron chi connectivity index (χ4n) is 2.09. The Bertz CT molecular complexity index is 157. The lowest BCUT2D eigenvalue weighted by atomic mass is 9.92. The van der Waals surface area contributed by atoms with E-state index in [1.54, 1.807) is 0 Å². The minimum atomic E-state index is 0.313. The maximum atomic E-state index is 11.4. The summed E-state index contributed by atoms with van der Waals surface area (Å²) in [6.07, 6.45) is 1.92. The summed E-state index contributed by atoms with van der Waals surface area (Å²) in [5.41, 5.74) is 0. The van der Waals surface area contributed by atoms with E-state index in [-0.39, 0.29) is 0 Å². The molecular weight excluding hydrogens is 150 g/mol. The molecule has 1 rings (SSSR count). The molecule has 0 N–H and O–H groups in total. The third-order valence-corrected chi connectivity index (χ3v) is 2.52. The van der Waals surface area contributed by atoms with Crippen LogP contribution in [0.3, 0.4) is 0 Å². The van der Waals surface area contributed by atoms with Gasteiger partial charge in [-0.2, -0.15) is 0 Å². The number of carbonyl (C=O) groups excluding carboxylic acids is 1. The molecule has 2 nitrogen and oxygen atoms in total. The van der Waals surface area contributed by atoms with E-state index >= 15 is 0 Å². The molecule has 2 unspecified atom stereocenters. The van der Waals surface area contributed by atoms with E-state index in [9.17, 15) is 4.79 Å². The summed E-state index contributed by atoms with van der Waals surface area (Å²) in [6, 6.07) is 0. The van der Waals surface area contributed by atoms with Crippen molar-refractivity contribution in [3.05, 3.63) is 0 Å². The number of carbonyl (C=O) groups is 1. The van der Waals surface area contributed by atoms with E-state index in [1.165, 1.54) is 6.42 Å². The summed E-state index contributed by atoms with van der Waals surface area (Å²) in [5.74, 6) is 1.68. The van der Waals surface area contributed by atoms with E-state index < -0.39 is 0 Å². The number of likely N-dealkylation sites (tertiary alicyclic amines) is 1. The number of amides is 1. The molecular formula is C10H19NO. The van der Waals surface area contributed by atoms with Crippen LogP contribution in [0.4, 0.5) is 0 Å². The first kappa shape index (κ1) is 9.56. The van der Waals surface area contributed by atoms with Gasteiger partial charge in [-0.25, -0.2) is 0 Å². The largest absolute Gasteiger partial charge is 0.342 e. The van der Waals surface area contributed by atoms with Crippen molar-refractivity contribution in [1.29, 1.82) is 0 Å². The van der Waals surface area contributed by atoms with Gasteiger partial charge in [0, 0.05) is 19.5 Å². The normalized spacial score (nSPS) is 30.4. The van der Waals surface area contributed by atoms with Crippen LogP contribution in [-0.2, 0) is 4.79 Å². The zero-order valence-corrected chi connectivity index (χ0v) is 8.34. The second kappa shape index (κ2) is 3.92. The summed E-state index contributed by atoms with van der Waals surface area (Å²) in [6.45, 7) is 8.33. The van der Waals surface area contributed by atoms with Gasteiger partial charge in [-0.05, 0) is 18.3 Å². The van der Waals surface area contributed by atoms with Crippen LogP contribution >= 0.6 is 0 Å². The zero-order valence-electron chi connectivity index (χ0n) is 8.34. The molecule has 1 heterocycles. The fraction of sp³-hybridized carbons (Fsp3) is 0.900. The molecule has 0 radical (unpaired) electrons. The Morgan fingerprint density at radius 1 is 1.33 bits per heavy atom. The predicted molar refractivity (Wildman–Crippen MR) is 49.8 cm³/mol. The minimum Gasteiger partial charge on any atom is -0.342 e. The summed E-state index contributed by atoms with van der Waals surface area (Å²) in [7, 11) is 0. The molecule has 12 heavy (non-hydrogen) atoms. The summed E-state index contributed by atoms with van der Waals surface area (Å²) in [5, 5.41) is 0. The van der Waals surface area contributed by atoms with Gasteiger partial charge in [0.25, 0.3) is 0 Å². The van der Waals surface area contributed by atoms with Crippen molar-refractivity contribution in [2.45, 2.75) is 33.6 Å². The molecule has 0 aromatic carbocycles.